The van der Waals surface area contributed by atoms with Gasteiger partial charge < -0.3 is 10.2 Å². The fraction of sp³-hybridized carbons (Fsp3) is 0.500. The second-order valence-corrected chi connectivity index (χ2v) is 2.45. The smallest absolute Gasteiger partial charge is 0.361 e. The lowest BCUT2D eigenvalue weighted by Crippen LogP contribution is -2.06. The highest BCUT2D eigenvalue weighted by molar-refractivity contribution is 7.96. The summed E-state index contributed by atoms with van der Waals surface area (Å²) in [5.74, 6) is -0.877. The minimum absolute atomic E-state index is 0.537. The Morgan fingerprint density at radius 3 is 1.50 bits per heavy atom. The second-order valence-electron chi connectivity index (χ2n) is 1.30. The molecule has 0 heterocycles. The van der Waals surface area contributed by atoms with E-state index in [9.17, 15) is 4.79 Å². The van der Waals surface area contributed by atoms with Crippen LogP contribution in [-0.2, 0) is 4.79 Å². The summed E-state index contributed by atoms with van der Waals surface area (Å²) in [7, 11) is 0. The second kappa shape index (κ2) is 6.76. The topological polar surface area (TPSA) is 74.6 Å². The van der Waals surface area contributed by atoms with Crippen molar-refractivity contribution < 1.29 is 19.8 Å². The van der Waals surface area contributed by atoms with Crippen LogP contribution in [0, 0.1) is 0 Å². The van der Waals surface area contributed by atoms with E-state index in [-0.39, 0.29) is 0 Å². The van der Waals surface area contributed by atoms with Crippen molar-refractivity contribution in [2.45, 2.75) is 12.2 Å². The Bertz CT molecular complexity index is 118. The normalized spacial score (nSPS) is 10.7. The molecular formula is C4H8O4S2. The third kappa shape index (κ3) is 25.4. The van der Waals surface area contributed by atoms with E-state index in [0.29, 0.717) is 0 Å². The Hall–Kier alpha value is -0.360. The zero-order valence-electron chi connectivity index (χ0n) is 5.18. The molecule has 2 N–H and O–H groups in total. The fourth-order valence-corrected chi connectivity index (χ4v) is 0. The highest BCUT2D eigenvalue weighted by Crippen LogP contribution is 1.88. The predicted octanol–water partition coefficient (Wildman–Crippen LogP) is 0.984. The van der Waals surface area contributed by atoms with E-state index in [1.807, 2.05) is 0 Å². The zero-order chi connectivity index (χ0) is 8.73. The van der Waals surface area contributed by atoms with Crippen molar-refractivity contribution in [1.29, 1.82) is 0 Å². The first-order valence-electron chi connectivity index (χ1n) is 2.20. The lowest BCUT2D eigenvalue weighted by atomic mass is 10.5. The van der Waals surface area contributed by atoms with Crippen molar-refractivity contribution in [1.82, 2.24) is 0 Å². The summed E-state index contributed by atoms with van der Waals surface area (Å²) in [5.41, 5.74) is 0. The quantitative estimate of drug-likeness (QED) is 0.458. The van der Waals surface area contributed by atoms with Crippen LogP contribution in [0.1, 0.15) is 6.92 Å². The molecule has 0 saturated heterocycles. The van der Waals surface area contributed by atoms with Crippen LogP contribution in [0.2, 0.25) is 0 Å². The molecule has 0 aromatic carbocycles. The van der Waals surface area contributed by atoms with Gasteiger partial charge in [-0.05, 0) is 6.92 Å². The van der Waals surface area contributed by atoms with Gasteiger partial charge >= 0.3 is 11.3 Å². The Morgan fingerprint density at radius 1 is 1.40 bits per heavy atom. The number of hydrogen-bond donors (Lipinski definition) is 4. The Morgan fingerprint density at radius 2 is 1.50 bits per heavy atom. The highest BCUT2D eigenvalue weighted by Gasteiger charge is 2.00. The van der Waals surface area contributed by atoms with Gasteiger partial charge in [0.1, 0.15) is 0 Å². The molecule has 0 spiro atoms. The van der Waals surface area contributed by atoms with Gasteiger partial charge in [-0.1, -0.05) is 12.6 Å². The maximum atomic E-state index is 9.62. The minimum atomic E-state index is -1.14. The average molecular weight is 184 g/mol. The lowest BCUT2D eigenvalue weighted by Gasteiger charge is -1.88. The molecule has 0 saturated carbocycles. The van der Waals surface area contributed by atoms with Gasteiger partial charge in [0.2, 0.25) is 0 Å². The Kier molecular flexibility index (Phi) is 8.33. The summed E-state index contributed by atoms with van der Waals surface area (Å²) in [6.07, 6.45) is 0. The van der Waals surface area contributed by atoms with E-state index in [4.69, 9.17) is 15.0 Å². The van der Waals surface area contributed by atoms with Gasteiger partial charge in [-0.25, -0.2) is 4.79 Å². The molecule has 0 aliphatic heterocycles. The van der Waals surface area contributed by atoms with Crippen molar-refractivity contribution >= 4 is 36.5 Å². The molecule has 0 rings (SSSR count). The van der Waals surface area contributed by atoms with Crippen molar-refractivity contribution in [2.24, 2.45) is 0 Å². The van der Waals surface area contributed by atoms with Crippen LogP contribution in [0.15, 0.2) is 0 Å². The predicted molar refractivity (Wildman–Crippen MR) is 43.1 cm³/mol. The van der Waals surface area contributed by atoms with Gasteiger partial charge in [-0.2, -0.15) is 12.6 Å². The average Bonchev–Trinajstić information content (AvgIpc) is 1.63. The van der Waals surface area contributed by atoms with Crippen LogP contribution in [-0.4, -0.2) is 26.7 Å². The molecule has 1 atom stereocenters. The van der Waals surface area contributed by atoms with Crippen molar-refractivity contribution in [2.75, 3.05) is 0 Å². The number of hydrogen-bond acceptors (Lipinski definition) is 3. The van der Waals surface area contributed by atoms with Crippen molar-refractivity contribution in [3.05, 3.63) is 0 Å². The molecule has 0 amide bonds. The third-order valence-corrected chi connectivity index (χ3v) is 0.578. The number of carboxylic acid groups (broad SMARTS) is 2. The summed E-state index contributed by atoms with van der Waals surface area (Å²) >= 11 is 6.48. The first kappa shape index (κ1) is 12.3. The first-order valence-corrected chi connectivity index (χ1v) is 3.17. The van der Waals surface area contributed by atoms with Gasteiger partial charge in [-0.15, -0.1) is 0 Å². The minimum Gasteiger partial charge on any atom is -0.480 e. The van der Waals surface area contributed by atoms with Crippen LogP contribution in [0.4, 0.5) is 4.79 Å². The molecule has 0 radical (unpaired) electrons. The molecular weight excluding hydrogens is 176 g/mol. The molecule has 0 aromatic heterocycles. The van der Waals surface area contributed by atoms with Gasteiger partial charge in [0.05, 0.1) is 5.25 Å². The van der Waals surface area contributed by atoms with Crippen LogP contribution in [0.5, 0.6) is 0 Å². The number of carbonyl (C=O) groups is 2. The molecule has 1 unspecified atom stereocenters. The largest absolute Gasteiger partial charge is 0.480 e. The first-order chi connectivity index (χ1) is 4.37. The molecule has 10 heavy (non-hydrogen) atoms. The molecule has 0 fully saturated rings. The molecule has 60 valence electrons. The third-order valence-electron chi connectivity index (χ3n) is 0.357. The Balaban J connectivity index is 0. The molecule has 0 bridgehead atoms. The maximum absolute atomic E-state index is 9.62. The van der Waals surface area contributed by atoms with Crippen molar-refractivity contribution in [3.8, 4) is 0 Å². The highest BCUT2D eigenvalue weighted by atomic mass is 32.1. The maximum Gasteiger partial charge on any atom is 0.361 e. The standard InChI is InChI=1S/C3H6O2S.CH2O2S/c1-2(6)3(4)5;2-1(3)4/h2,6H,1H3,(H,4,5);4H,(H,2,3). The molecule has 0 aliphatic carbocycles. The molecule has 0 aliphatic rings. The van der Waals surface area contributed by atoms with Crippen LogP contribution < -0.4 is 0 Å². The summed E-state index contributed by atoms with van der Waals surface area (Å²) < 4.78 is 0. The molecule has 4 nitrogen and oxygen atoms in total. The van der Waals surface area contributed by atoms with E-state index in [2.05, 4.69) is 25.3 Å². The van der Waals surface area contributed by atoms with Gasteiger partial charge in [0, 0.05) is 0 Å². The fourth-order valence-electron chi connectivity index (χ4n) is 0. The lowest BCUT2D eigenvalue weighted by molar-refractivity contribution is -0.136. The van der Waals surface area contributed by atoms with Crippen LogP contribution in [0.25, 0.3) is 0 Å². The number of aliphatic carboxylic acids is 1. The SMILES string of the molecule is CC(S)C(=O)O.O=C(O)S. The number of thiol groups is 2. The number of rotatable bonds is 1. The van der Waals surface area contributed by atoms with Crippen LogP contribution >= 0.6 is 25.3 Å². The summed E-state index contributed by atoms with van der Waals surface area (Å²) in [6.45, 7) is 1.51. The summed E-state index contributed by atoms with van der Waals surface area (Å²) in [6, 6.07) is 0. The summed E-state index contributed by atoms with van der Waals surface area (Å²) in [4.78, 5) is 18.5. The summed E-state index contributed by atoms with van der Waals surface area (Å²) in [5, 5.41) is 13.5. The van der Waals surface area contributed by atoms with Gasteiger partial charge in [0.15, 0.2) is 0 Å². The number of carboxylic acids is 1. The monoisotopic (exact) mass is 184 g/mol. The van der Waals surface area contributed by atoms with E-state index in [1.54, 1.807) is 0 Å². The molecule has 6 heteroatoms. The van der Waals surface area contributed by atoms with Crippen molar-refractivity contribution in [3.63, 3.8) is 0 Å². The van der Waals surface area contributed by atoms with Gasteiger partial charge in [0.25, 0.3) is 0 Å². The Labute approximate surface area is 69.1 Å². The van der Waals surface area contributed by atoms with E-state index in [1.165, 1.54) is 6.92 Å². The van der Waals surface area contributed by atoms with Gasteiger partial charge in [-0.3, -0.25) is 4.79 Å². The van der Waals surface area contributed by atoms with E-state index in [0.717, 1.165) is 0 Å². The zero-order valence-corrected chi connectivity index (χ0v) is 6.97. The van der Waals surface area contributed by atoms with E-state index < -0.39 is 16.5 Å². The molecule has 0 aromatic rings. The van der Waals surface area contributed by atoms with Crippen LogP contribution in [0.3, 0.4) is 0 Å². The van der Waals surface area contributed by atoms with E-state index >= 15 is 0 Å².